The average molecular weight is 265 g/mol. The van der Waals surface area contributed by atoms with Crippen molar-refractivity contribution in [3.05, 3.63) is 29.8 Å². The van der Waals surface area contributed by atoms with E-state index in [0.717, 1.165) is 24.8 Å². The van der Waals surface area contributed by atoms with Gasteiger partial charge < -0.3 is 15.2 Å². The van der Waals surface area contributed by atoms with E-state index in [4.69, 9.17) is 9.84 Å². The quantitative estimate of drug-likeness (QED) is 0.707. The predicted octanol–water partition coefficient (Wildman–Crippen LogP) is 2.04. The first-order valence-electron chi connectivity index (χ1n) is 6.75. The molecule has 2 N–H and O–H groups in total. The van der Waals surface area contributed by atoms with E-state index >= 15 is 0 Å². The van der Waals surface area contributed by atoms with E-state index in [2.05, 4.69) is 5.32 Å². The van der Waals surface area contributed by atoms with E-state index in [1.54, 1.807) is 6.92 Å². The Kier molecular flexibility index (Phi) is 6.97. The zero-order valence-corrected chi connectivity index (χ0v) is 11.7. The van der Waals surface area contributed by atoms with Gasteiger partial charge in [0.25, 0.3) is 5.91 Å². The Morgan fingerprint density at radius 3 is 2.84 bits per heavy atom. The largest absolute Gasteiger partial charge is 0.481 e. The minimum atomic E-state index is -0.500. The first-order chi connectivity index (χ1) is 9.13. The summed E-state index contributed by atoms with van der Waals surface area (Å²) < 4.78 is 5.58. The van der Waals surface area contributed by atoms with Crippen molar-refractivity contribution in [3.63, 3.8) is 0 Å². The van der Waals surface area contributed by atoms with Gasteiger partial charge in [-0.05, 0) is 50.8 Å². The number of carbonyl (C=O) groups excluding carboxylic acids is 1. The van der Waals surface area contributed by atoms with Gasteiger partial charge in [-0.15, -0.1) is 0 Å². The Morgan fingerprint density at radius 1 is 1.37 bits per heavy atom. The third-order valence-corrected chi connectivity index (χ3v) is 2.81. The fraction of sp³-hybridized carbons (Fsp3) is 0.533. The van der Waals surface area contributed by atoms with Crippen molar-refractivity contribution in [1.29, 1.82) is 0 Å². The lowest BCUT2D eigenvalue weighted by Gasteiger charge is -2.15. The molecule has 1 amide bonds. The number of carbonyl (C=O) groups is 1. The molecule has 19 heavy (non-hydrogen) atoms. The van der Waals surface area contributed by atoms with Crippen molar-refractivity contribution in [2.24, 2.45) is 0 Å². The maximum atomic E-state index is 11.8. The van der Waals surface area contributed by atoms with Crippen LogP contribution in [0.3, 0.4) is 0 Å². The number of amides is 1. The average Bonchev–Trinajstić information content (AvgIpc) is 2.38. The van der Waals surface area contributed by atoms with Crippen LogP contribution in [0.2, 0.25) is 0 Å². The standard InChI is InChI=1S/C15H23NO3/c1-12-7-6-8-14(11-12)19-13(2)15(18)16-9-4-3-5-10-17/h6-8,11,13,17H,3-5,9-10H2,1-2H3,(H,16,18). The maximum absolute atomic E-state index is 11.8. The third kappa shape index (κ3) is 6.25. The molecular weight excluding hydrogens is 242 g/mol. The van der Waals surface area contributed by atoms with Crippen LogP contribution in [0.4, 0.5) is 0 Å². The second-order valence-corrected chi connectivity index (χ2v) is 4.65. The minimum absolute atomic E-state index is 0.106. The summed E-state index contributed by atoms with van der Waals surface area (Å²) in [5, 5.41) is 11.5. The van der Waals surface area contributed by atoms with E-state index in [1.165, 1.54) is 0 Å². The number of aryl methyl sites for hydroxylation is 1. The van der Waals surface area contributed by atoms with Crippen LogP contribution in [0.15, 0.2) is 24.3 Å². The van der Waals surface area contributed by atoms with Gasteiger partial charge in [0.05, 0.1) is 0 Å². The van der Waals surface area contributed by atoms with E-state index in [1.807, 2.05) is 31.2 Å². The molecule has 0 aliphatic heterocycles. The fourth-order valence-electron chi connectivity index (χ4n) is 1.72. The number of unbranched alkanes of at least 4 members (excludes halogenated alkanes) is 2. The van der Waals surface area contributed by atoms with E-state index < -0.39 is 6.10 Å². The molecule has 106 valence electrons. The zero-order chi connectivity index (χ0) is 14.1. The van der Waals surface area contributed by atoms with E-state index in [-0.39, 0.29) is 12.5 Å². The SMILES string of the molecule is Cc1cccc(OC(C)C(=O)NCCCCCO)c1. The lowest BCUT2D eigenvalue weighted by atomic mass is 10.2. The molecule has 4 nitrogen and oxygen atoms in total. The van der Waals surface area contributed by atoms with Gasteiger partial charge in [-0.3, -0.25) is 4.79 Å². The van der Waals surface area contributed by atoms with Crippen LogP contribution in [0.1, 0.15) is 31.7 Å². The van der Waals surface area contributed by atoms with Crippen molar-refractivity contribution in [2.45, 2.75) is 39.2 Å². The smallest absolute Gasteiger partial charge is 0.260 e. The molecule has 0 bridgehead atoms. The summed E-state index contributed by atoms with van der Waals surface area (Å²) in [6, 6.07) is 7.64. The molecule has 1 rings (SSSR count). The summed E-state index contributed by atoms with van der Waals surface area (Å²) in [5.74, 6) is 0.605. The molecule has 0 aromatic heterocycles. The summed E-state index contributed by atoms with van der Waals surface area (Å²) in [6.45, 7) is 4.56. The van der Waals surface area contributed by atoms with Crippen molar-refractivity contribution in [2.75, 3.05) is 13.2 Å². The number of hydrogen-bond donors (Lipinski definition) is 2. The Morgan fingerprint density at radius 2 is 2.16 bits per heavy atom. The number of benzene rings is 1. The van der Waals surface area contributed by atoms with Crippen LogP contribution < -0.4 is 10.1 Å². The molecule has 0 saturated carbocycles. The fourth-order valence-corrected chi connectivity index (χ4v) is 1.72. The first kappa shape index (κ1) is 15.5. The van der Waals surface area contributed by atoms with E-state index in [9.17, 15) is 4.79 Å². The molecule has 0 aliphatic carbocycles. The number of hydrogen-bond acceptors (Lipinski definition) is 3. The highest BCUT2D eigenvalue weighted by molar-refractivity contribution is 5.80. The molecule has 0 saturated heterocycles. The molecule has 0 heterocycles. The van der Waals surface area contributed by atoms with E-state index in [0.29, 0.717) is 12.3 Å². The molecule has 1 aromatic rings. The molecule has 4 heteroatoms. The van der Waals surface area contributed by atoms with Gasteiger partial charge in [-0.2, -0.15) is 0 Å². The van der Waals surface area contributed by atoms with Gasteiger partial charge in [-0.25, -0.2) is 0 Å². The molecule has 1 aromatic carbocycles. The Bertz CT molecular complexity index is 393. The molecular formula is C15H23NO3. The lowest BCUT2D eigenvalue weighted by molar-refractivity contribution is -0.127. The van der Waals surface area contributed by atoms with Gasteiger partial charge in [-0.1, -0.05) is 12.1 Å². The monoisotopic (exact) mass is 265 g/mol. The van der Waals surface area contributed by atoms with Crippen LogP contribution in [-0.2, 0) is 4.79 Å². The Balaban J connectivity index is 2.28. The van der Waals surface area contributed by atoms with Crippen molar-refractivity contribution in [3.8, 4) is 5.75 Å². The summed E-state index contributed by atoms with van der Waals surface area (Å²) in [5.41, 5.74) is 1.11. The van der Waals surface area contributed by atoms with Crippen LogP contribution in [0, 0.1) is 6.92 Å². The van der Waals surface area contributed by atoms with Crippen LogP contribution in [0.5, 0.6) is 5.75 Å². The third-order valence-electron chi connectivity index (χ3n) is 2.81. The Labute approximate surface area is 114 Å². The minimum Gasteiger partial charge on any atom is -0.481 e. The molecule has 1 atom stereocenters. The number of nitrogens with one attached hydrogen (secondary N) is 1. The summed E-state index contributed by atoms with van der Waals surface area (Å²) >= 11 is 0. The molecule has 0 radical (unpaired) electrons. The zero-order valence-electron chi connectivity index (χ0n) is 11.7. The summed E-state index contributed by atoms with van der Waals surface area (Å²) in [6.07, 6.45) is 2.08. The van der Waals surface area contributed by atoms with Crippen LogP contribution in [-0.4, -0.2) is 30.3 Å². The maximum Gasteiger partial charge on any atom is 0.260 e. The summed E-state index contributed by atoms with van der Waals surface area (Å²) in [4.78, 5) is 11.8. The number of rotatable bonds is 8. The van der Waals surface area contributed by atoms with Crippen molar-refractivity contribution >= 4 is 5.91 Å². The highest BCUT2D eigenvalue weighted by Gasteiger charge is 2.13. The van der Waals surface area contributed by atoms with Gasteiger partial charge in [0.1, 0.15) is 5.75 Å². The first-order valence-corrected chi connectivity index (χ1v) is 6.75. The van der Waals surface area contributed by atoms with Gasteiger partial charge in [0, 0.05) is 13.2 Å². The van der Waals surface area contributed by atoms with Gasteiger partial charge >= 0.3 is 0 Å². The highest BCUT2D eigenvalue weighted by atomic mass is 16.5. The Hall–Kier alpha value is -1.55. The number of ether oxygens (including phenoxy) is 1. The molecule has 0 fully saturated rings. The van der Waals surface area contributed by atoms with Crippen molar-refractivity contribution < 1.29 is 14.6 Å². The number of aliphatic hydroxyl groups excluding tert-OH is 1. The topological polar surface area (TPSA) is 58.6 Å². The van der Waals surface area contributed by atoms with Crippen molar-refractivity contribution in [1.82, 2.24) is 5.32 Å². The second-order valence-electron chi connectivity index (χ2n) is 4.65. The normalized spacial score (nSPS) is 11.9. The van der Waals surface area contributed by atoms with Crippen LogP contribution >= 0.6 is 0 Å². The van der Waals surface area contributed by atoms with Gasteiger partial charge in [0.2, 0.25) is 0 Å². The number of aliphatic hydroxyl groups is 1. The molecule has 0 spiro atoms. The van der Waals surface area contributed by atoms with Crippen LogP contribution in [0.25, 0.3) is 0 Å². The summed E-state index contributed by atoms with van der Waals surface area (Å²) in [7, 11) is 0. The molecule has 0 aliphatic rings. The second kappa shape index (κ2) is 8.53. The predicted molar refractivity (Wildman–Crippen MR) is 75.2 cm³/mol. The lowest BCUT2D eigenvalue weighted by Crippen LogP contribution is -2.36. The van der Waals surface area contributed by atoms with Gasteiger partial charge in [0.15, 0.2) is 6.10 Å². The molecule has 1 unspecified atom stereocenters. The highest BCUT2D eigenvalue weighted by Crippen LogP contribution is 2.14.